The normalized spacial score (nSPS) is 34.4. The van der Waals surface area contributed by atoms with E-state index < -0.39 is 0 Å². The number of anilines is 1. The van der Waals surface area contributed by atoms with Crippen LogP contribution < -0.4 is 4.90 Å². The number of carbonyl (C=O) groups is 1. The van der Waals surface area contributed by atoms with Gasteiger partial charge in [0.1, 0.15) is 11.5 Å². The van der Waals surface area contributed by atoms with Gasteiger partial charge in [-0.15, -0.1) is 0 Å². The summed E-state index contributed by atoms with van der Waals surface area (Å²) in [7, 11) is 0. The summed E-state index contributed by atoms with van der Waals surface area (Å²) in [5, 5.41) is 19.9. The molecule has 0 spiro atoms. The SMILES string of the molecule is CC12CCC3c4cc(N5CCB(C#N)CC5)c(O)cc4CCC3C1CCC2=O. The molecule has 0 bridgehead atoms. The van der Waals surface area contributed by atoms with Crippen LogP contribution >= 0.6 is 0 Å². The Labute approximate surface area is 168 Å². The number of fused-ring (bicyclic) bond motifs is 5. The smallest absolute Gasteiger partial charge is 0.271 e. The fourth-order valence-electron chi connectivity index (χ4n) is 6.87. The molecule has 1 aromatic carbocycles. The molecule has 4 nitrogen and oxygen atoms in total. The third kappa shape index (κ3) is 2.60. The average molecular weight is 376 g/mol. The van der Waals surface area contributed by atoms with Gasteiger partial charge in [-0.1, -0.05) is 6.92 Å². The molecule has 28 heavy (non-hydrogen) atoms. The van der Waals surface area contributed by atoms with Crippen LogP contribution in [0.3, 0.4) is 0 Å². The number of carbonyl (C=O) groups excluding carboxylic acids is 1. The lowest BCUT2D eigenvalue weighted by Gasteiger charge is -2.48. The Balaban J connectivity index is 1.46. The van der Waals surface area contributed by atoms with E-state index in [0.717, 1.165) is 69.9 Å². The minimum absolute atomic E-state index is 0.0857. The number of hydrogen-bond donors (Lipinski definition) is 1. The van der Waals surface area contributed by atoms with E-state index in [2.05, 4.69) is 23.9 Å². The molecule has 4 atom stereocenters. The summed E-state index contributed by atoms with van der Waals surface area (Å²) in [6.07, 6.45) is 7.87. The first kappa shape index (κ1) is 18.1. The standard InChI is InChI=1S/C23H29BN2O2/c1-23-7-6-16-17(19(23)4-5-22(23)28)3-2-15-12-21(27)20(13-18(15)16)26-10-8-24(14-25)9-11-26/h12-13,16-17,19,27H,2-11H2,1H3. The first-order valence-corrected chi connectivity index (χ1v) is 11.0. The number of hydrogen-bond acceptors (Lipinski definition) is 4. The molecule has 3 fully saturated rings. The number of nitrogens with zero attached hydrogens (tertiary/aromatic N) is 2. The maximum atomic E-state index is 12.5. The van der Waals surface area contributed by atoms with Crippen LogP contribution in [0, 0.1) is 28.5 Å². The molecule has 1 heterocycles. The van der Waals surface area contributed by atoms with E-state index in [1.807, 2.05) is 6.07 Å². The quantitative estimate of drug-likeness (QED) is 0.747. The highest BCUT2D eigenvalue weighted by Crippen LogP contribution is 2.60. The van der Waals surface area contributed by atoms with Gasteiger partial charge in [-0.3, -0.25) is 4.79 Å². The molecule has 5 rings (SSSR count). The van der Waals surface area contributed by atoms with Crippen molar-refractivity contribution in [2.75, 3.05) is 18.0 Å². The van der Waals surface area contributed by atoms with Crippen molar-refractivity contribution in [2.45, 2.75) is 64.0 Å². The first-order chi connectivity index (χ1) is 13.5. The Kier molecular flexibility index (Phi) is 4.23. The fourth-order valence-corrected chi connectivity index (χ4v) is 6.87. The average Bonchev–Trinajstić information content (AvgIpc) is 3.02. The molecule has 1 aromatic rings. The van der Waals surface area contributed by atoms with Crippen LogP contribution in [0.25, 0.3) is 0 Å². The maximum Gasteiger partial charge on any atom is 0.271 e. The number of ketones is 1. The molecule has 2 saturated carbocycles. The predicted molar refractivity (Wildman–Crippen MR) is 111 cm³/mol. The number of aryl methyl sites for hydroxylation is 1. The molecule has 1 N–H and O–H groups in total. The molecule has 146 valence electrons. The minimum atomic E-state index is -0.0857. The van der Waals surface area contributed by atoms with Crippen LogP contribution in [0.5, 0.6) is 5.75 Å². The second kappa shape index (κ2) is 6.54. The molecule has 5 heteroatoms. The summed E-state index contributed by atoms with van der Waals surface area (Å²) in [5.74, 6) is 4.96. The predicted octanol–water partition coefficient (Wildman–Crippen LogP) is 4.19. The van der Waals surface area contributed by atoms with Gasteiger partial charge in [-0.2, -0.15) is 0 Å². The van der Waals surface area contributed by atoms with Gasteiger partial charge in [0.05, 0.1) is 5.69 Å². The number of phenols is 1. The Bertz CT molecular complexity index is 855. The topological polar surface area (TPSA) is 64.3 Å². The molecule has 0 amide bonds. The van der Waals surface area contributed by atoms with Crippen molar-refractivity contribution in [3.05, 3.63) is 23.3 Å². The van der Waals surface area contributed by atoms with Crippen LogP contribution in [0.2, 0.25) is 12.6 Å². The molecule has 3 aliphatic carbocycles. The summed E-state index contributed by atoms with van der Waals surface area (Å²) in [6.45, 7) is 4.05. The van der Waals surface area contributed by atoms with Gasteiger partial charge in [0.25, 0.3) is 6.71 Å². The zero-order valence-electron chi connectivity index (χ0n) is 16.8. The van der Waals surface area contributed by atoms with E-state index in [4.69, 9.17) is 5.26 Å². The largest absolute Gasteiger partial charge is 0.506 e. The number of benzene rings is 1. The highest BCUT2D eigenvalue weighted by Gasteiger charge is 2.54. The lowest BCUT2D eigenvalue weighted by molar-refractivity contribution is -0.129. The summed E-state index contributed by atoms with van der Waals surface area (Å²) < 4.78 is 0. The van der Waals surface area contributed by atoms with Crippen molar-refractivity contribution in [1.82, 2.24) is 0 Å². The van der Waals surface area contributed by atoms with E-state index >= 15 is 0 Å². The Morgan fingerprint density at radius 3 is 2.75 bits per heavy atom. The zero-order chi connectivity index (χ0) is 19.5. The number of Topliss-reactive ketones (excluding diaryl/α,β-unsaturated/α-hetero) is 1. The van der Waals surface area contributed by atoms with E-state index in [9.17, 15) is 9.90 Å². The van der Waals surface area contributed by atoms with Crippen LogP contribution in [-0.4, -0.2) is 30.7 Å². The zero-order valence-corrected chi connectivity index (χ0v) is 16.8. The summed E-state index contributed by atoms with van der Waals surface area (Å²) in [5.41, 5.74) is 3.60. The highest BCUT2D eigenvalue weighted by atomic mass is 16.3. The Morgan fingerprint density at radius 2 is 2.00 bits per heavy atom. The second-order valence-corrected chi connectivity index (χ2v) is 9.76. The number of aromatic hydroxyl groups is 1. The monoisotopic (exact) mass is 376 g/mol. The molecule has 4 aliphatic rings. The molecular weight excluding hydrogens is 347 g/mol. The first-order valence-electron chi connectivity index (χ1n) is 11.0. The van der Waals surface area contributed by atoms with Crippen LogP contribution in [0.15, 0.2) is 12.1 Å². The maximum absolute atomic E-state index is 12.5. The van der Waals surface area contributed by atoms with E-state index in [0.29, 0.717) is 29.3 Å². The van der Waals surface area contributed by atoms with Gasteiger partial charge >= 0.3 is 0 Å². The summed E-state index contributed by atoms with van der Waals surface area (Å²) in [6, 6.07) is 4.26. The minimum Gasteiger partial charge on any atom is -0.506 e. The van der Waals surface area contributed by atoms with Crippen molar-refractivity contribution < 1.29 is 9.90 Å². The van der Waals surface area contributed by atoms with Crippen molar-refractivity contribution >= 4 is 18.2 Å². The lowest BCUT2D eigenvalue weighted by atomic mass is 9.45. The Morgan fingerprint density at radius 1 is 1.21 bits per heavy atom. The molecule has 1 aliphatic heterocycles. The fraction of sp³-hybridized carbons (Fsp3) is 0.652. The van der Waals surface area contributed by atoms with Crippen LogP contribution in [0.4, 0.5) is 5.69 Å². The second-order valence-electron chi connectivity index (χ2n) is 9.76. The van der Waals surface area contributed by atoms with Crippen molar-refractivity contribution in [3.63, 3.8) is 0 Å². The number of nitriles is 1. The lowest BCUT2D eigenvalue weighted by Crippen LogP contribution is -2.42. The van der Waals surface area contributed by atoms with E-state index in [-0.39, 0.29) is 12.1 Å². The van der Waals surface area contributed by atoms with Gasteiger partial charge in [0.2, 0.25) is 0 Å². The van der Waals surface area contributed by atoms with Crippen LogP contribution in [0.1, 0.15) is 56.1 Å². The van der Waals surface area contributed by atoms with Gasteiger partial charge in [0, 0.05) is 30.9 Å². The van der Waals surface area contributed by atoms with Gasteiger partial charge in [-0.25, -0.2) is 5.26 Å². The van der Waals surface area contributed by atoms with Gasteiger partial charge < -0.3 is 10.0 Å². The molecular formula is C23H29BN2O2. The summed E-state index contributed by atoms with van der Waals surface area (Å²) >= 11 is 0. The molecule has 0 aromatic heterocycles. The Hall–Kier alpha value is -1.96. The van der Waals surface area contributed by atoms with Crippen molar-refractivity contribution in [3.8, 4) is 11.7 Å². The van der Waals surface area contributed by atoms with Gasteiger partial charge in [0.15, 0.2) is 0 Å². The number of phenolic OH excluding ortho intramolecular Hbond substituents is 1. The van der Waals surface area contributed by atoms with Crippen molar-refractivity contribution in [2.24, 2.45) is 17.3 Å². The highest BCUT2D eigenvalue weighted by molar-refractivity contribution is 6.67. The molecule has 4 unspecified atom stereocenters. The number of rotatable bonds is 1. The summed E-state index contributed by atoms with van der Waals surface area (Å²) in [4.78, 5) is 14.8. The van der Waals surface area contributed by atoms with E-state index in [1.165, 1.54) is 11.1 Å². The van der Waals surface area contributed by atoms with E-state index in [1.54, 1.807) is 0 Å². The van der Waals surface area contributed by atoms with Crippen molar-refractivity contribution in [1.29, 1.82) is 5.26 Å². The third-order valence-corrected chi connectivity index (χ3v) is 8.55. The van der Waals surface area contributed by atoms with Crippen LogP contribution in [-0.2, 0) is 11.2 Å². The van der Waals surface area contributed by atoms with Gasteiger partial charge in [-0.05, 0) is 85.8 Å². The molecule has 0 radical (unpaired) electrons. The third-order valence-electron chi connectivity index (χ3n) is 8.55. The molecule has 1 saturated heterocycles.